The smallest absolute Gasteiger partial charge is 0.326 e. The van der Waals surface area contributed by atoms with Crippen molar-refractivity contribution in [2.24, 2.45) is 23.1 Å². The number of aliphatic carboxylic acids is 4. The van der Waals surface area contributed by atoms with Crippen LogP contribution >= 0.6 is 0 Å². The van der Waals surface area contributed by atoms with Crippen LogP contribution in [0.3, 0.4) is 0 Å². The minimum Gasteiger partial charge on any atom is -0.508 e. The van der Waals surface area contributed by atoms with Crippen LogP contribution in [0.5, 0.6) is 5.75 Å². The quantitative estimate of drug-likeness (QED) is 0.0898. The molecule has 1 amide bonds. The van der Waals surface area contributed by atoms with Crippen molar-refractivity contribution in [1.29, 1.82) is 0 Å². The third kappa shape index (κ3) is 20.1. The molecule has 0 saturated carbocycles. The van der Waals surface area contributed by atoms with Crippen molar-refractivity contribution in [3.05, 3.63) is 138 Å². The normalized spacial score (nSPS) is 12.3. The SMILES string of the molecule is CC(C)[C@@H](N)C(=O)O.N[C@H](Cc1ccccc1)C(=O)O.N[C@H](Cc1ccccc1)C(=O)O.O=C(Cc1ccc(O)cc1)N[C@H](Cc1ccccc1)C(=O)O. The Morgan fingerprint density at radius 2 is 0.889 bits per heavy atom. The number of rotatable bonds is 14. The van der Waals surface area contributed by atoms with Gasteiger partial charge in [0, 0.05) is 6.42 Å². The highest BCUT2D eigenvalue weighted by Gasteiger charge is 2.20. The van der Waals surface area contributed by atoms with E-state index in [1.54, 1.807) is 26.0 Å². The topological polar surface area (TPSA) is 277 Å². The maximum absolute atomic E-state index is 12.0. The van der Waals surface area contributed by atoms with Crippen LogP contribution in [0.4, 0.5) is 0 Å². The van der Waals surface area contributed by atoms with Crippen molar-refractivity contribution in [1.82, 2.24) is 5.32 Å². The third-order valence-corrected chi connectivity index (χ3v) is 7.45. The van der Waals surface area contributed by atoms with Crippen LogP contribution < -0.4 is 22.5 Å². The maximum Gasteiger partial charge on any atom is 0.326 e. The summed E-state index contributed by atoms with van der Waals surface area (Å²) in [7, 11) is 0. The van der Waals surface area contributed by atoms with Crippen LogP contribution in [0, 0.1) is 5.92 Å². The number of benzene rings is 4. The molecule has 4 aromatic rings. The fourth-order valence-electron chi connectivity index (χ4n) is 4.29. The van der Waals surface area contributed by atoms with Crippen LogP contribution in [-0.4, -0.2) is 79.5 Å². The van der Waals surface area contributed by atoms with Crippen molar-refractivity contribution in [3.8, 4) is 5.75 Å². The number of hydrogen-bond acceptors (Lipinski definition) is 9. The Hall–Kier alpha value is -6.09. The van der Waals surface area contributed by atoms with Crippen molar-refractivity contribution in [2.75, 3.05) is 0 Å². The van der Waals surface area contributed by atoms with Crippen molar-refractivity contribution in [3.63, 3.8) is 0 Å². The Labute approximate surface area is 314 Å². The van der Waals surface area contributed by atoms with Gasteiger partial charge in [-0.25, -0.2) is 4.79 Å². The van der Waals surface area contributed by atoms with E-state index >= 15 is 0 Å². The molecule has 0 aliphatic heterocycles. The molecule has 14 heteroatoms. The molecule has 4 aromatic carbocycles. The van der Waals surface area contributed by atoms with Crippen LogP contribution in [-0.2, 0) is 49.7 Å². The average molecular weight is 747 g/mol. The first-order valence-corrected chi connectivity index (χ1v) is 16.9. The molecule has 0 heterocycles. The van der Waals surface area contributed by atoms with E-state index < -0.39 is 48.0 Å². The summed E-state index contributed by atoms with van der Waals surface area (Å²) in [4.78, 5) is 54.0. The zero-order chi connectivity index (χ0) is 40.6. The molecule has 0 aliphatic carbocycles. The third-order valence-electron chi connectivity index (χ3n) is 7.45. The number of phenolic OH excluding ortho intramolecular Hbond substituents is 1. The van der Waals surface area contributed by atoms with Gasteiger partial charge in [0.1, 0.15) is 29.9 Å². The number of phenols is 1. The predicted molar refractivity (Wildman–Crippen MR) is 203 cm³/mol. The average Bonchev–Trinajstić information content (AvgIpc) is 3.14. The lowest BCUT2D eigenvalue weighted by Gasteiger charge is -2.14. The van der Waals surface area contributed by atoms with Gasteiger partial charge in [-0.2, -0.15) is 0 Å². The van der Waals surface area contributed by atoms with E-state index in [0.717, 1.165) is 16.7 Å². The fraction of sp³-hybridized carbons (Fsp3) is 0.275. The fourth-order valence-corrected chi connectivity index (χ4v) is 4.29. The number of carbonyl (C=O) groups excluding carboxylic acids is 1. The summed E-state index contributed by atoms with van der Waals surface area (Å²) in [6.45, 7) is 3.55. The molecule has 4 atom stereocenters. The zero-order valence-corrected chi connectivity index (χ0v) is 30.2. The second-order valence-corrected chi connectivity index (χ2v) is 12.4. The van der Waals surface area contributed by atoms with E-state index in [1.807, 2.05) is 91.0 Å². The van der Waals surface area contributed by atoms with E-state index in [-0.39, 0.29) is 30.4 Å². The molecular weight excluding hydrogens is 696 g/mol. The molecule has 0 bridgehead atoms. The summed E-state index contributed by atoms with van der Waals surface area (Å²) in [6.07, 6.45) is 1.07. The minimum atomic E-state index is -1.07. The molecule has 0 radical (unpaired) electrons. The van der Waals surface area contributed by atoms with E-state index in [0.29, 0.717) is 18.4 Å². The molecule has 0 saturated heterocycles. The van der Waals surface area contributed by atoms with Gasteiger partial charge < -0.3 is 48.1 Å². The first-order valence-electron chi connectivity index (χ1n) is 16.9. The monoisotopic (exact) mass is 746 g/mol. The summed E-state index contributed by atoms with van der Waals surface area (Å²) < 4.78 is 0. The number of amides is 1. The number of aromatic hydroxyl groups is 1. The Morgan fingerprint density at radius 3 is 1.19 bits per heavy atom. The van der Waals surface area contributed by atoms with E-state index in [2.05, 4.69) is 5.32 Å². The number of nitrogens with two attached hydrogens (primary N) is 3. The van der Waals surface area contributed by atoms with Gasteiger partial charge >= 0.3 is 23.9 Å². The molecule has 0 fully saturated rings. The zero-order valence-electron chi connectivity index (χ0n) is 30.2. The molecule has 0 aliphatic rings. The lowest BCUT2D eigenvalue weighted by Crippen LogP contribution is -2.43. The van der Waals surface area contributed by atoms with Crippen LogP contribution in [0.25, 0.3) is 0 Å². The number of carboxylic acids is 4. The molecule has 0 unspecified atom stereocenters. The second kappa shape index (κ2) is 25.0. The predicted octanol–water partition coefficient (Wildman–Crippen LogP) is 3.08. The van der Waals surface area contributed by atoms with Gasteiger partial charge in [0.15, 0.2) is 0 Å². The molecule has 4 rings (SSSR count). The summed E-state index contributed by atoms with van der Waals surface area (Å²) in [5.74, 6) is -4.14. The molecule has 0 aromatic heterocycles. The van der Waals surface area contributed by atoms with Crippen LogP contribution in [0.15, 0.2) is 115 Å². The van der Waals surface area contributed by atoms with Crippen molar-refractivity contribution >= 4 is 29.8 Å². The first kappa shape index (κ1) is 45.9. The molecule has 12 N–H and O–H groups in total. The first-order chi connectivity index (χ1) is 25.5. The standard InChI is InChI=1S/C17H17NO4.2C9H11NO2.C5H11NO2/c19-14-8-6-13(7-9-14)11-16(20)18-15(17(21)22)10-12-4-2-1-3-5-12;2*10-8(9(11)12)6-7-4-2-1-3-5-7;1-3(2)4(6)5(7)8/h1-9,15,19H,10-11H2,(H,18,20)(H,21,22);2*1-5,8H,6,10H2,(H,11,12);3-4H,6H2,1-2H3,(H,7,8)/t15-;2*8-;4-/m1111/s1. The highest BCUT2D eigenvalue weighted by atomic mass is 16.4. The number of carboxylic acid groups (broad SMARTS) is 4. The summed E-state index contributed by atoms with van der Waals surface area (Å²) in [5, 5.41) is 46.2. The number of hydrogen-bond donors (Lipinski definition) is 9. The summed E-state index contributed by atoms with van der Waals surface area (Å²) in [6, 6.07) is 30.8. The molecular formula is C40H50N4O10. The molecule has 290 valence electrons. The van der Waals surface area contributed by atoms with E-state index in [4.69, 9.17) is 32.5 Å². The number of carbonyl (C=O) groups is 5. The summed E-state index contributed by atoms with van der Waals surface area (Å²) >= 11 is 0. The number of nitrogens with one attached hydrogen (secondary N) is 1. The van der Waals surface area contributed by atoms with Gasteiger partial charge in [0.2, 0.25) is 5.91 Å². The lowest BCUT2D eigenvalue weighted by molar-refractivity contribution is -0.141. The van der Waals surface area contributed by atoms with Gasteiger partial charge in [-0.05, 0) is 53.1 Å². The van der Waals surface area contributed by atoms with Gasteiger partial charge in [-0.1, -0.05) is 117 Å². The van der Waals surface area contributed by atoms with Gasteiger partial charge in [-0.3, -0.25) is 19.2 Å². The minimum absolute atomic E-state index is 0.0208. The molecule has 14 nitrogen and oxygen atoms in total. The Kier molecular flexibility index (Phi) is 21.2. The molecule has 54 heavy (non-hydrogen) atoms. The Morgan fingerprint density at radius 1 is 0.519 bits per heavy atom. The van der Waals surface area contributed by atoms with E-state index in [1.165, 1.54) is 12.1 Å². The highest BCUT2D eigenvalue weighted by Crippen LogP contribution is 2.11. The van der Waals surface area contributed by atoms with Gasteiger partial charge in [-0.15, -0.1) is 0 Å². The van der Waals surface area contributed by atoms with Gasteiger partial charge in [0.25, 0.3) is 0 Å². The second-order valence-electron chi connectivity index (χ2n) is 12.4. The largest absolute Gasteiger partial charge is 0.508 e. The Bertz CT molecular complexity index is 1650. The molecule has 0 spiro atoms. The van der Waals surface area contributed by atoms with E-state index in [9.17, 15) is 34.2 Å². The summed E-state index contributed by atoms with van der Waals surface area (Å²) in [5.41, 5.74) is 19.3. The maximum atomic E-state index is 12.0. The van der Waals surface area contributed by atoms with Crippen molar-refractivity contribution in [2.45, 2.75) is 63.7 Å². The van der Waals surface area contributed by atoms with Crippen LogP contribution in [0.1, 0.15) is 36.1 Å². The lowest BCUT2D eigenvalue weighted by atomic mass is 10.1. The van der Waals surface area contributed by atoms with Crippen molar-refractivity contribution < 1.29 is 49.5 Å². The Balaban J connectivity index is 0.000000389. The van der Waals surface area contributed by atoms with Crippen LogP contribution in [0.2, 0.25) is 0 Å². The van der Waals surface area contributed by atoms with Gasteiger partial charge in [0.05, 0.1) is 6.42 Å². The highest BCUT2D eigenvalue weighted by molar-refractivity contribution is 5.85.